The van der Waals surface area contributed by atoms with Crippen LogP contribution in [-0.2, 0) is 7.05 Å². The number of anilines is 1. The van der Waals surface area contributed by atoms with E-state index >= 15 is 0 Å². The molecule has 6 heteroatoms. The maximum absolute atomic E-state index is 5.52. The minimum Gasteiger partial charge on any atom is -0.375 e. The Balaban J connectivity index is 2.51. The van der Waals surface area contributed by atoms with Gasteiger partial charge in [-0.05, 0) is 6.92 Å². The van der Waals surface area contributed by atoms with Gasteiger partial charge in [-0.2, -0.15) is 5.10 Å². The number of nitrogens with zero attached hydrogens (tertiary/aromatic N) is 4. The van der Waals surface area contributed by atoms with Gasteiger partial charge < -0.3 is 5.73 Å². The molecule has 0 fully saturated rings. The molecule has 2 heterocycles. The number of rotatable bonds is 1. The highest BCUT2D eigenvalue weighted by atomic mass is 32.1. The summed E-state index contributed by atoms with van der Waals surface area (Å²) in [6, 6.07) is 0. The van der Waals surface area contributed by atoms with E-state index in [0.29, 0.717) is 5.13 Å². The van der Waals surface area contributed by atoms with E-state index in [1.807, 2.05) is 19.4 Å². The molecule has 0 aliphatic heterocycles. The molecule has 0 unspecified atom stereocenters. The summed E-state index contributed by atoms with van der Waals surface area (Å²) < 4.78 is 1.70. The van der Waals surface area contributed by atoms with Crippen LogP contribution >= 0.6 is 11.3 Å². The molecule has 2 N–H and O–H groups in total. The zero-order valence-corrected chi connectivity index (χ0v) is 8.17. The van der Waals surface area contributed by atoms with Gasteiger partial charge in [0.05, 0.1) is 0 Å². The maximum atomic E-state index is 5.52. The lowest BCUT2D eigenvalue weighted by molar-refractivity contribution is 0.762. The Morgan fingerprint density at radius 2 is 2.23 bits per heavy atom. The number of aromatic nitrogens is 4. The Bertz CT molecular complexity index is 430. The lowest BCUT2D eigenvalue weighted by Gasteiger charge is -1.92. The Labute approximate surface area is 79.2 Å². The summed E-state index contributed by atoms with van der Waals surface area (Å²) in [4.78, 5) is 8.36. The molecule has 13 heavy (non-hydrogen) atoms. The van der Waals surface area contributed by atoms with Crippen molar-refractivity contribution < 1.29 is 0 Å². The Morgan fingerprint density at radius 3 is 2.69 bits per heavy atom. The predicted molar refractivity (Wildman–Crippen MR) is 51.3 cm³/mol. The molecule has 0 aliphatic rings. The van der Waals surface area contributed by atoms with Gasteiger partial charge in [-0.1, -0.05) is 0 Å². The SMILES string of the molecule is Cc1nc(-c2csc(N)n2)n(C)n1. The fourth-order valence-corrected chi connectivity index (χ4v) is 1.67. The van der Waals surface area contributed by atoms with E-state index < -0.39 is 0 Å². The molecule has 68 valence electrons. The van der Waals surface area contributed by atoms with E-state index in [0.717, 1.165) is 17.3 Å². The number of thiazole rings is 1. The molecule has 0 atom stereocenters. The van der Waals surface area contributed by atoms with Crippen molar-refractivity contribution in [2.45, 2.75) is 6.92 Å². The summed E-state index contributed by atoms with van der Waals surface area (Å²) in [5, 5.41) is 6.55. The molecule has 0 bridgehead atoms. The highest BCUT2D eigenvalue weighted by Crippen LogP contribution is 2.20. The molecule has 2 aromatic rings. The van der Waals surface area contributed by atoms with Crippen molar-refractivity contribution in [1.29, 1.82) is 0 Å². The standard InChI is InChI=1S/C7H9N5S/c1-4-9-6(12(2)11-4)5-3-13-7(8)10-5/h3H,1-2H3,(H2,8,10). The maximum Gasteiger partial charge on any atom is 0.180 e. The second-order valence-electron chi connectivity index (χ2n) is 2.68. The van der Waals surface area contributed by atoms with Gasteiger partial charge in [-0.3, -0.25) is 0 Å². The highest BCUT2D eigenvalue weighted by Gasteiger charge is 2.09. The van der Waals surface area contributed by atoms with Crippen molar-refractivity contribution in [1.82, 2.24) is 19.7 Å². The molecule has 2 aromatic heterocycles. The minimum atomic E-state index is 0.552. The third kappa shape index (κ3) is 1.40. The van der Waals surface area contributed by atoms with Crippen molar-refractivity contribution in [3.05, 3.63) is 11.2 Å². The van der Waals surface area contributed by atoms with Crippen LogP contribution < -0.4 is 5.73 Å². The molecule has 0 saturated carbocycles. The molecular weight excluding hydrogens is 186 g/mol. The zero-order chi connectivity index (χ0) is 9.42. The summed E-state index contributed by atoms with van der Waals surface area (Å²) in [6.07, 6.45) is 0. The summed E-state index contributed by atoms with van der Waals surface area (Å²) in [5.41, 5.74) is 6.31. The van der Waals surface area contributed by atoms with Crippen molar-refractivity contribution in [3.63, 3.8) is 0 Å². The fraction of sp³-hybridized carbons (Fsp3) is 0.286. The van der Waals surface area contributed by atoms with Gasteiger partial charge in [-0.25, -0.2) is 14.6 Å². The van der Waals surface area contributed by atoms with Crippen LogP contribution in [0.15, 0.2) is 5.38 Å². The minimum absolute atomic E-state index is 0.552. The molecule has 2 rings (SSSR count). The van der Waals surface area contributed by atoms with E-state index in [2.05, 4.69) is 15.1 Å². The van der Waals surface area contributed by atoms with Crippen LogP contribution in [0.1, 0.15) is 5.82 Å². The molecule has 0 radical (unpaired) electrons. The smallest absolute Gasteiger partial charge is 0.180 e. The number of aryl methyl sites for hydroxylation is 2. The van der Waals surface area contributed by atoms with Crippen molar-refractivity contribution in [2.75, 3.05) is 5.73 Å². The quantitative estimate of drug-likeness (QED) is 0.731. The average Bonchev–Trinajstić information content (AvgIpc) is 2.58. The van der Waals surface area contributed by atoms with Gasteiger partial charge in [0.2, 0.25) is 0 Å². The fourth-order valence-electron chi connectivity index (χ4n) is 1.13. The molecule has 5 nitrogen and oxygen atoms in total. The van der Waals surface area contributed by atoms with Crippen LogP contribution in [0.3, 0.4) is 0 Å². The van der Waals surface area contributed by atoms with Crippen LogP contribution in [0.4, 0.5) is 5.13 Å². The summed E-state index contributed by atoms with van der Waals surface area (Å²) >= 11 is 1.40. The number of hydrogen-bond acceptors (Lipinski definition) is 5. The van der Waals surface area contributed by atoms with Crippen LogP contribution in [0.5, 0.6) is 0 Å². The first-order valence-corrected chi connectivity index (χ1v) is 4.64. The first-order valence-electron chi connectivity index (χ1n) is 3.76. The van der Waals surface area contributed by atoms with Crippen molar-refractivity contribution in [3.8, 4) is 11.5 Å². The summed E-state index contributed by atoms with van der Waals surface area (Å²) in [7, 11) is 1.84. The lowest BCUT2D eigenvalue weighted by atomic mass is 10.5. The largest absolute Gasteiger partial charge is 0.375 e. The molecule has 0 aliphatic carbocycles. The molecular formula is C7H9N5S. The second kappa shape index (κ2) is 2.81. The van der Waals surface area contributed by atoms with Crippen LogP contribution in [0, 0.1) is 6.92 Å². The summed E-state index contributed by atoms with van der Waals surface area (Å²) in [5.74, 6) is 1.49. The average molecular weight is 195 g/mol. The monoisotopic (exact) mass is 195 g/mol. The van der Waals surface area contributed by atoms with E-state index in [4.69, 9.17) is 5.73 Å². The van der Waals surface area contributed by atoms with Crippen LogP contribution in [0.2, 0.25) is 0 Å². The van der Waals surface area contributed by atoms with E-state index in [9.17, 15) is 0 Å². The van der Waals surface area contributed by atoms with Gasteiger partial charge in [0, 0.05) is 12.4 Å². The Hall–Kier alpha value is -1.43. The molecule has 0 spiro atoms. The van der Waals surface area contributed by atoms with Crippen LogP contribution in [0.25, 0.3) is 11.5 Å². The molecule has 0 saturated heterocycles. The van der Waals surface area contributed by atoms with Gasteiger partial charge in [0.15, 0.2) is 11.0 Å². The summed E-state index contributed by atoms with van der Waals surface area (Å²) in [6.45, 7) is 1.85. The molecule has 0 aromatic carbocycles. The third-order valence-electron chi connectivity index (χ3n) is 1.62. The van der Waals surface area contributed by atoms with Gasteiger partial charge in [0.1, 0.15) is 11.5 Å². The Kier molecular flexibility index (Phi) is 1.77. The third-order valence-corrected chi connectivity index (χ3v) is 2.29. The lowest BCUT2D eigenvalue weighted by Crippen LogP contribution is -1.94. The van der Waals surface area contributed by atoms with Crippen molar-refractivity contribution in [2.24, 2.45) is 7.05 Å². The Morgan fingerprint density at radius 1 is 1.46 bits per heavy atom. The number of nitrogen functional groups attached to an aromatic ring is 1. The normalized spacial score (nSPS) is 10.6. The molecule has 0 amide bonds. The first kappa shape index (κ1) is 8.18. The highest BCUT2D eigenvalue weighted by molar-refractivity contribution is 7.13. The van der Waals surface area contributed by atoms with Gasteiger partial charge in [-0.15, -0.1) is 11.3 Å². The topological polar surface area (TPSA) is 69.6 Å². The van der Waals surface area contributed by atoms with Gasteiger partial charge >= 0.3 is 0 Å². The second-order valence-corrected chi connectivity index (χ2v) is 3.57. The van der Waals surface area contributed by atoms with Crippen molar-refractivity contribution >= 4 is 16.5 Å². The number of nitrogens with two attached hydrogens (primary N) is 1. The van der Waals surface area contributed by atoms with E-state index in [-0.39, 0.29) is 0 Å². The first-order chi connectivity index (χ1) is 6.16. The van der Waals surface area contributed by atoms with Gasteiger partial charge in [0.25, 0.3) is 0 Å². The zero-order valence-electron chi connectivity index (χ0n) is 7.35. The number of hydrogen-bond donors (Lipinski definition) is 1. The van der Waals surface area contributed by atoms with Crippen LogP contribution in [-0.4, -0.2) is 19.7 Å². The van der Waals surface area contributed by atoms with E-state index in [1.165, 1.54) is 11.3 Å². The predicted octanol–water partition coefficient (Wildman–Crippen LogP) is 0.829. The van der Waals surface area contributed by atoms with E-state index in [1.54, 1.807) is 4.68 Å².